The summed E-state index contributed by atoms with van der Waals surface area (Å²) >= 11 is 0. The maximum absolute atomic E-state index is 10.9. The molecule has 6 nitrogen and oxygen atoms in total. The number of nitrogens with zero attached hydrogens (tertiary/aromatic N) is 3. The quantitative estimate of drug-likeness (QED) is 0.629. The molecule has 1 fully saturated rings. The molecule has 0 saturated heterocycles. The lowest BCUT2D eigenvalue weighted by Gasteiger charge is -2.12. The van der Waals surface area contributed by atoms with Gasteiger partial charge in [0.25, 0.3) is 0 Å². The summed E-state index contributed by atoms with van der Waals surface area (Å²) in [6.07, 6.45) is 4.56. The second kappa shape index (κ2) is 4.11. The summed E-state index contributed by atoms with van der Waals surface area (Å²) in [7, 11) is 1.73. The molecule has 0 aromatic carbocycles. The standard InChI is InChI=1S/C10H16N4O2/c1-7-9(14(15)16)10(13(2)12-7)11-8-5-3-4-6-8/h8,11H,3-6H2,1-2H3. The Kier molecular flexibility index (Phi) is 2.80. The SMILES string of the molecule is Cc1nn(C)c(NC2CCCC2)c1[N+](=O)[O-]. The molecule has 0 spiro atoms. The first kappa shape index (κ1) is 10.9. The number of hydrogen-bond acceptors (Lipinski definition) is 4. The van der Waals surface area contributed by atoms with E-state index in [0.29, 0.717) is 17.6 Å². The van der Waals surface area contributed by atoms with E-state index in [-0.39, 0.29) is 10.6 Å². The number of aromatic nitrogens is 2. The minimum atomic E-state index is -0.361. The van der Waals surface area contributed by atoms with Crippen LogP contribution >= 0.6 is 0 Å². The molecule has 1 saturated carbocycles. The van der Waals surface area contributed by atoms with Crippen LogP contribution in [0.2, 0.25) is 0 Å². The average Bonchev–Trinajstić information content (AvgIpc) is 2.76. The summed E-state index contributed by atoms with van der Waals surface area (Å²) in [5.41, 5.74) is 0.572. The van der Waals surface area contributed by atoms with Crippen molar-refractivity contribution in [3.8, 4) is 0 Å². The van der Waals surface area contributed by atoms with Crippen molar-refractivity contribution in [2.24, 2.45) is 7.05 Å². The van der Waals surface area contributed by atoms with Crippen LogP contribution < -0.4 is 5.32 Å². The fourth-order valence-corrected chi connectivity index (χ4v) is 2.29. The van der Waals surface area contributed by atoms with Crippen molar-refractivity contribution in [2.75, 3.05) is 5.32 Å². The van der Waals surface area contributed by atoms with Gasteiger partial charge in [-0.3, -0.25) is 10.1 Å². The van der Waals surface area contributed by atoms with Crippen LogP contribution in [0.5, 0.6) is 0 Å². The van der Waals surface area contributed by atoms with E-state index < -0.39 is 0 Å². The molecule has 1 heterocycles. The van der Waals surface area contributed by atoms with Crippen LogP contribution in [0, 0.1) is 17.0 Å². The summed E-state index contributed by atoms with van der Waals surface area (Å²) in [4.78, 5) is 10.6. The Hall–Kier alpha value is -1.59. The smallest absolute Gasteiger partial charge is 0.333 e. The van der Waals surface area contributed by atoms with E-state index in [2.05, 4.69) is 10.4 Å². The molecule has 6 heteroatoms. The molecule has 0 unspecified atom stereocenters. The molecule has 0 amide bonds. The third-order valence-electron chi connectivity index (χ3n) is 3.07. The largest absolute Gasteiger partial charge is 0.362 e. The number of aryl methyl sites for hydroxylation is 2. The van der Waals surface area contributed by atoms with Gasteiger partial charge in [-0.05, 0) is 19.8 Å². The van der Waals surface area contributed by atoms with Gasteiger partial charge in [0.1, 0.15) is 5.69 Å². The van der Waals surface area contributed by atoms with Crippen molar-refractivity contribution >= 4 is 11.5 Å². The zero-order chi connectivity index (χ0) is 11.7. The summed E-state index contributed by atoms with van der Waals surface area (Å²) in [5, 5.41) is 18.3. The van der Waals surface area contributed by atoms with Crippen LogP contribution in [0.1, 0.15) is 31.4 Å². The number of hydrogen-bond donors (Lipinski definition) is 1. The van der Waals surface area contributed by atoms with Crippen LogP contribution in [0.4, 0.5) is 11.5 Å². The van der Waals surface area contributed by atoms with Gasteiger partial charge in [-0.25, -0.2) is 4.68 Å². The molecule has 1 aromatic rings. The van der Waals surface area contributed by atoms with Gasteiger partial charge in [0, 0.05) is 13.1 Å². The third kappa shape index (κ3) is 1.87. The van der Waals surface area contributed by atoms with Crippen LogP contribution in [0.15, 0.2) is 0 Å². The van der Waals surface area contributed by atoms with E-state index in [1.807, 2.05) is 0 Å². The van der Waals surface area contributed by atoms with E-state index in [1.54, 1.807) is 18.7 Å². The molecule has 0 radical (unpaired) electrons. The minimum absolute atomic E-state index is 0.106. The fourth-order valence-electron chi connectivity index (χ4n) is 2.29. The highest BCUT2D eigenvalue weighted by atomic mass is 16.6. The molecule has 1 aliphatic rings. The van der Waals surface area contributed by atoms with Gasteiger partial charge in [-0.15, -0.1) is 0 Å². The van der Waals surface area contributed by atoms with E-state index in [4.69, 9.17) is 0 Å². The second-order valence-electron chi connectivity index (χ2n) is 4.29. The number of rotatable bonds is 3. The first-order valence-electron chi connectivity index (χ1n) is 5.54. The molecule has 1 aliphatic carbocycles. The molecule has 1 N–H and O–H groups in total. The third-order valence-corrected chi connectivity index (χ3v) is 3.07. The summed E-state index contributed by atoms with van der Waals surface area (Å²) in [6.45, 7) is 1.66. The Bertz CT molecular complexity index is 407. The fraction of sp³-hybridized carbons (Fsp3) is 0.700. The van der Waals surface area contributed by atoms with E-state index in [0.717, 1.165) is 12.8 Å². The van der Waals surface area contributed by atoms with E-state index in [1.165, 1.54) is 12.8 Å². The van der Waals surface area contributed by atoms with Gasteiger partial charge in [0.2, 0.25) is 5.82 Å². The number of nitro groups is 1. The average molecular weight is 224 g/mol. The van der Waals surface area contributed by atoms with Gasteiger partial charge < -0.3 is 5.32 Å². The topological polar surface area (TPSA) is 73.0 Å². The van der Waals surface area contributed by atoms with Crippen molar-refractivity contribution in [2.45, 2.75) is 38.6 Å². The molecular weight excluding hydrogens is 208 g/mol. The summed E-state index contributed by atoms with van der Waals surface area (Å²) < 4.78 is 1.56. The first-order chi connectivity index (χ1) is 7.59. The number of nitrogens with one attached hydrogen (secondary N) is 1. The molecule has 88 valence electrons. The molecule has 0 aliphatic heterocycles. The highest BCUT2D eigenvalue weighted by Crippen LogP contribution is 2.30. The highest BCUT2D eigenvalue weighted by Gasteiger charge is 2.26. The molecule has 16 heavy (non-hydrogen) atoms. The van der Waals surface area contributed by atoms with Crippen LogP contribution in [-0.4, -0.2) is 20.7 Å². The number of anilines is 1. The van der Waals surface area contributed by atoms with Gasteiger partial charge in [-0.2, -0.15) is 5.10 Å². The second-order valence-corrected chi connectivity index (χ2v) is 4.29. The highest BCUT2D eigenvalue weighted by molar-refractivity contribution is 5.59. The lowest BCUT2D eigenvalue weighted by atomic mass is 10.2. The lowest BCUT2D eigenvalue weighted by Crippen LogP contribution is -2.17. The lowest BCUT2D eigenvalue weighted by molar-refractivity contribution is -0.384. The Morgan fingerprint density at radius 1 is 1.50 bits per heavy atom. The zero-order valence-electron chi connectivity index (χ0n) is 9.56. The molecule has 2 rings (SSSR count). The van der Waals surface area contributed by atoms with Crippen molar-refractivity contribution < 1.29 is 4.92 Å². The summed E-state index contributed by atoms with van der Waals surface area (Å²) in [5.74, 6) is 0.536. The predicted molar refractivity (Wildman–Crippen MR) is 60.5 cm³/mol. The van der Waals surface area contributed by atoms with Crippen LogP contribution in [0.25, 0.3) is 0 Å². The maximum atomic E-state index is 10.9. The van der Waals surface area contributed by atoms with Gasteiger partial charge in [0.15, 0.2) is 0 Å². The van der Waals surface area contributed by atoms with E-state index >= 15 is 0 Å². The Morgan fingerprint density at radius 2 is 2.12 bits per heavy atom. The molecule has 0 bridgehead atoms. The van der Waals surface area contributed by atoms with E-state index in [9.17, 15) is 10.1 Å². The van der Waals surface area contributed by atoms with Crippen LogP contribution in [0.3, 0.4) is 0 Å². The molecule has 1 aromatic heterocycles. The molecular formula is C10H16N4O2. The Morgan fingerprint density at radius 3 is 2.69 bits per heavy atom. The van der Waals surface area contributed by atoms with Gasteiger partial charge >= 0.3 is 5.69 Å². The minimum Gasteiger partial charge on any atom is -0.362 e. The van der Waals surface area contributed by atoms with Crippen molar-refractivity contribution in [3.05, 3.63) is 15.8 Å². The maximum Gasteiger partial charge on any atom is 0.333 e. The Balaban J connectivity index is 2.27. The Labute approximate surface area is 93.8 Å². The van der Waals surface area contributed by atoms with Gasteiger partial charge in [0.05, 0.1) is 4.92 Å². The summed E-state index contributed by atoms with van der Waals surface area (Å²) in [6, 6.07) is 0.355. The first-order valence-corrected chi connectivity index (χ1v) is 5.54. The van der Waals surface area contributed by atoms with Crippen molar-refractivity contribution in [1.82, 2.24) is 9.78 Å². The predicted octanol–water partition coefficient (Wildman–Crippen LogP) is 1.99. The zero-order valence-corrected chi connectivity index (χ0v) is 9.56. The van der Waals surface area contributed by atoms with Crippen molar-refractivity contribution in [1.29, 1.82) is 0 Å². The van der Waals surface area contributed by atoms with Crippen molar-refractivity contribution in [3.63, 3.8) is 0 Å². The van der Waals surface area contributed by atoms with Crippen LogP contribution in [-0.2, 0) is 7.05 Å². The normalized spacial score (nSPS) is 16.6. The monoisotopic (exact) mass is 224 g/mol. The molecule has 0 atom stereocenters. The van der Waals surface area contributed by atoms with Gasteiger partial charge in [-0.1, -0.05) is 12.8 Å².